The molecule has 3 N–H and O–H groups in total. The number of sulfonamides is 1. The number of para-hydroxylation sites is 1. The first-order chi connectivity index (χ1) is 13.0. The number of hydrogen-bond donors (Lipinski definition) is 3. The largest absolute Gasteiger partial charge is 0.369 e. The van der Waals surface area contributed by atoms with Crippen LogP contribution in [0.2, 0.25) is 0 Å². The minimum absolute atomic E-state index is 0.220. The van der Waals surface area contributed by atoms with E-state index < -0.39 is 10.0 Å². The van der Waals surface area contributed by atoms with Crippen molar-refractivity contribution in [1.29, 1.82) is 0 Å². The quantitative estimate of drug-likeness (QED) is 0.474. The number of hydrogen-bond acceptors (Lipinski definition) is 8. The Balaban J connectivity index is 1.54. The molecule has 0 aliphatic rings. The number of nitrogens with one attached hydrogen (secondary N) is 3. The molecule has 0 spiro atoms. The van der Waals surface area contributed by atoms with Crippen molar-refractivity contribution in [3.8, 4) is 0 Å². The Morgan fingerprint density at radius 2 is 1.93 bits per heavy atom. The van der Waals surface area contributed by atoms with Gasteiger partial charge in [-0.3, -0.25) is 0 Å². The van der Waals surface area contributed by atoms with E-state index in [0.717, 1.165) is 12.2 Å². The highest BCUT2D eigenvalue weighted by Crippen LogP contribution is 2.19. The first-order valence-electron chi connectivity index (χ1n) is 8.61. The van der Waals surface area contributed by atoms with Crippen LogP contribution in [0, 0.1) is 6.92 Å². The Morgan fingerprint density at radius 1 is 1.11 bits per heavy atom. The van der Waals surface area contributed by atoms with E-state index in [4.69, 9.17) is 4.52 Å². The van der Waals surface area contributed by atoms with E-state index >= 15 is 0 Å². The van der Waals surface area contributed by atoms with Crippen LogP contribution in [-0.4, -0.2) is 43.2 Å². The monoisotopic (exact) mass is 390 g/mol. The zero-order chi connectivity index (χ0) is 19.3. The van der Waals surface area contributed by atoms with E-state index in [-0.39, 0.29) is 12.3 Å². The minimum Gasteiger partial charge on any atom is -0.369 e. The van der Waals surface area contributed by atoms with Gasteiger partial charge in [0.1, 0.15) is 17.3 Å². The fourth-order valence-corrected chi connectivity index (χ4v) is 3.65. The third-order valence-electron chi connectivity index (χ3n) is 3.72. The fraction of sp³-hybridized carbons (Fsp3) is 0.353. The number of fused-ring (bicyclic) bond motifs is 1. The second-order valence-electron chi connectivity index (χ2n) is 5.95. The summed E-state index contributed by atoms with van der Waals surface area (Å²) in [5, 5.41) is 10.7. The van der Waals surface area contributed by atoms with Crippen molar-refractivity contribution >= 4 is 32.8 Å². The summed E-state index contributed by atoms with van der Waals surface area (Å²) >= 11 is 0. The molecule has 0 amide bonds. The van der Waals surface area contributed by atoms with Gasteiger partial charge in [0.25, 0.3) is 0 Å². The van der Waals surface area contributed by atoms with Gasteiger partial charge in [-0.15, -0.1) is 0 Å². The van der Waals surface area contributed by atoms with Crippen molar-refractivity contribution in [2.24, 2.45) is 0 Å². The maximum absolute atomic E-state index is 12.3. The second kappa shape index (κ2) is 8.31. The highest BCUT2D eigenvalue weighted by molar-refractivity contribution is 7.88. The Labute approximate surface area is 157 Å². The Kier molecular flexibility index (Phi) is 5.87. The molecule has 0 fully saturated rings. The third kappa shape index (κ3) is 5.14. The summed E-state index contributed by atoms with van der Waals surface area (Å²) in [6.07, 6.45) is 0. The summed E-state index contributed by atoms with van der Waals surface area (Å²) in [5.74, 6) is 0.944. The number of benzene rings is 1. The molecule has 0 aliphatic carbocycles. The molecule has 0 aliphatic heterocycles. The minimum atomic E-state index is -3.53. The van der Waals surface area contributed by atoms with Crippen molar-refractivity contribution in [1.82, 2.24) is 19.8 Å². The first kappa shape index (κ1) is 19.1. The van der Waals surface area contributed by atoms with Crippen LogP contribution in [0.5, 0.6) is 0 Å². The van der Waals surface area contributed by atoms with Crippen LogP contribution in [0.15, 0.2) is 34.9 Å². The summed E-state index contributed by atoms with van der Waals surface area (Å²) in [5.41, 5.74) is 1.79. The molecular weight excluding hydrogens is 368 g/mol. The zero-order valence-electron chi connectivity index (χ0n) is 15.2. The molecule has 3 aromatic rings. The lowest BCUT2D eigenvalue weighted by Gasteiger charge is -2.10. The molecule has 0 saturated carbocycles. The smallest absolute Gasteiger partial charge is 0.224 e. The molecule has 0 atom stereocenters. The van der Waals surface area contributed by atoms with E-state index in [1.54, 1.807) is 18.2 Å². The van der Waals surface area contributed by atoms with Gasteiger partial charge in [-0.05, 0) is 26.0 Å². The van der Waals surface area contributed by atoms with Gasteiger partial charge in [0.2, 0.25) is 16.0 Å². The lowest BCUT2D eigenvalue weighted by Crippen LogP contribution is -2.30. The van der Waals surface area contributed by atoms with Crippen molar-refractivity contribution in [2.75, 3.05) is 30.3 Å². The molecule has 27 heavy (non-hydrogen) atoms. The summed E-state index contributed by atoms with van der Waals surface area (Å²) in [4.78, 5) is 8.59. The molecule has 2 aromatic heterocycles. The van der Waals surface area contributed by atoms with Crippen molar-refractivity contribution in [3.05, 3.63) is 41.7 Å². The van der Waals surface area contributed by atoms with Crippen LogP contribution < -0.4 is 15.4 Å². The predicted octanol–water partition coefficient (Wildman–Crippen LogP) is 1.89. The summed E-state index contributed by atoms with van der Waals surface area (Å²) in [6, 6.07) is 8.97. The molecule has 3 rings (SSSR count). The van der Waals surface area contributed by atoms with E-state index in [1.165, 1.54) is 0 Å². The zero-order valence-corrected chi connectivity index (χ0v) is 16.0. The standard InChI is InChI=1S/C17H22N6O3S/c1-3-18-17-21-12(2)10-16(22-17)19-8-9-20-27(24,25)11-14-13-6-4-5-7-15(13)26-23-14/h4-7,10,20H,3,8-9,11H2,1-2H3,(H2,18,19,21,22). The van der Waals surface area contributed by atoms with Crippen LogP contribution in [-0.2, 0) is 15.8 Å². The van der Waals surface area contributed by atoms with Crippen molar-refractivity contribution in [2.45, 2.75) is 19.6 Å². The average molecular weight is 390 g/mol. The first-order valence-corrected chi connectivity index (χ1v) is 10.3. The van der Waals surface area contributed by atoms with Crippen molar-refractivity contribution in [3.63, 3.8) is 0 Å². The van der Waals surface area contributed by atoms with Gasteiger partial charge in [-0.25, -0.2) is 18.1 Å². The Hall–Kier alpha value is -2.72. The van der Waals surface area contributed by atoms with Crippen LogP contribution in [0.3, 0.4) is 0 Å². The number of aromatic nitrogens is 3. The van der Waals surface area contributed by atoms with Crippen LogP contribution in [0.1, 0.15) is 18.3 Å². The summed E-state index contributed by atoms with van der Waals surface area (Å²) in [7, 11) is -3.53. The van der Waals surface area contributed by atoms with Gasteiger partial charge in [-0.2, -0.15) is 4.98 Å². The Morgan fingerprint density at radius 3 is 2.74 bits per heavy atom. The summed E-state index contributed by atoms with van der Waals surface area (Å²) < 4.78 is 32.3. The number of nitrogens with zero attached hydrogens (tertiary/aromatic N) is 3. The summed E-state index contributed by atoms with van der Waals surface area (Å²) in [6.45, 7) is 5.17. The van der Waals surface area contributed by atoms with Crippen LogP contribution >= 0.6 is 0 Å². The lowest BCUT2D eigenvalue weighted by molar-refractivity contribution is 0.448. The molecule has 10 heteroatoms. The molecule has 144 valence electrons. The van der Waals surface area contributed by atoms with Gasteiger partial charge in [0.05, 0.1) is 0 Å². The van der Waals surface area contributed by atoms with Crippen LogP contribution in [0.4, 0.5) is 11.8 Å². The number of rotatable bonds is 9. The highest BCUT2D eigenvalue weighted by Gasteiger charge is 2.16. The van der Waals surface area contributed by atoms with Crippen molar-refractivity contribution < 1.29 is 12.9 Å². The molecule has 1 aromatic carbocycles. The third-order valence-corrected chi connectivity index (χ3v) is 5.02. The van der Waals surface area contributed by atoms with Gasteiger partial charge in [0, 0.05) is 36.8 Å². The van der Waals surface area contributed by atoms with Gasteiger partial charge >= 0.3 is 0 Å². The average Bonchev–Trinajstić information content (AvgIpc) is 3.01. The number of anilines is 2. The van der Waals surface area contributed by atoms with Gasteiger partial charge < -0.3 is 15.2 Å². The SMILES string of the molecule is CCNc1nc(C)cc(NCCNS(=O)(=O)Cc2noc3ccccc23)n1. The molecule has 0 saturated heterocycles. The molecular formula is C17H22N6O3S. The molecule has 2 heterocycles. The Bertz CT molecular complexity index is 1020. The van der Waals surface area contributed by atoms with E-state index in [1.807, 2.05) is 26.0 Å². The molecule has 9 nitrogen and oxygen atoms in total. The van der Waals surface area contributed by atoms with E-state index in [0.29, 0.717) is 35.0 Å². The highest BCUT2D eigenvalue weighted by atomic mass is 32.2. The van der Waals surface area contributed by atoms with Crippen LogP contribution in [0.25, 0.3) is 11.0 Å². The number of aryl methyl sites for hydroxylation is 1. The van der Waals surface area contributed by atoms with Gasteiger partial charge in [0.15, 0.2) is 5.58 Å². The van der Waals surface area contributed by atoms with Gasteiger partial charge in [-0.1, -0.05) is 17.3 Å². The predicted molar refractivity (Wildman–Crippen MR) is 104 cm³/mol. The fourth-order valence-electron chi connectivity index (χ4n) is 2.57. The second-order valence-corrected chi connectivity index (χ2v) is 7.76. The molecule has 0 radical (unpaired) electrons. The maximum Gasteiger partial charge on any atom is 0.224 e. The maximum atomic E-state index is 12.3. The topological polar surface area (TPSA) is 122 Å². The van der Waals surface area contributed by atoms with E-state index in [2.05, 4.69) is 30.5 Å². The lowest BCUT2D eigenvalue weighted by atomic mass is 10.2. The van der Waals surface area contributed by atoms with E-state index in [9.17, 15) is 8.42 Å². The molecule has 0 bridgehead atoms. The normalized spacial score (nSPS) is 11.6. The molecule has 0 unspecified atom stereocenters.